The maximum absolute atomic E-state index is 12.1. The van der Waals surface area contributed by atoms with Gasteiger partial charge in [0.25, 0.3) is 0 Å². The Balaban J connectivity index is 2.02. The second kappa shape index (κ2) is 9.31. The number of rotatable bonds is 8. The van der Waals surface area contributed by atoms with Crippen LogP contribution in [0, 0.1) is 0 Å². The lowest BCUT2D eigenvalue weighted by atomic mass is 10.1. The fourth-order valence-electron chi connectivity index (χ4n) is 2.48. The molecule has 1 unspecified atom stereocenters. The van der Waals surface area contributed by atoms with E-state index in [-0.39, 0.29) is 11.9 Å². The topological polar surface area (TPSA) is 63.9 Å². The third kappa shape index (κ3) is 5.03. The number of nitrogens with one attached hydrogen (secondary N) is 1. The van der Waals surface area contributed by atoms with E-state index in [1.54, 1.807) is 24.5 Å². The average molecular weight is 379 g/mol. The van der Waals surface area contributed by atoms with Crippen LogP contribution < -0.4 is 14.8 Å². The molecule has 6 nitrogen and oxygen atoms in total. The molecular formula is C19H23ClN2O4. The third-order valence-electron chi connectivity index (χ3n) is 3.85. The number of nitrogens with zero attached hydrogens (tertiary/aromatic N) is 1. The molecule has 1 amide bonds. The molecule has 0 aliphatic rings. The van der Waals surface area contributed by atoms with Crippen molar-refractivity contribution in [3.05, 3.63) is 53.0 Å². The molecular weight excluding hydrogens is 356 g/mol. The number of hydrogen-bond acceptors (Lipinski definition) is 5. The highest BCUT2D eigenvalue weighted by atomic mass is 35.5. The van der Waals surface area contributed by atoms with E-state index in [2.05, 4.69) is 5.32 Å². The molecule has 0 spiro atoms. The Morgan fingerprint density at radius 3 is 2.69 bits per heavy atom. The van der Waals surface area contributed by atoms with Crippen molar-refractivity contribution in [2.45, 2.75) is 6.04 Å². The zero-order valence-corrected chi connectivity index (χ0v) is 16.0. The molecule has 0 saturated heterocycles. The minimum Gasteiger partial charge on any atom is -0.493 e. The van der Waals surface area contributed by atoms with Crippen molar-refractivity contribution in [1.82, 2.24) is 10.2 Å². The second-order valence-corrected chi connectivity index (χ2v) is 6.22. The number of ether oxygens (including phenoxy) is 2. The lowest BCUT2D eigenvalue weighted by molar-refractivity contribution is -0.116. The first-order valence-corrected chi connectivity index (χ1v) is 8.41. The van der Waals surface area contributed by atoms with Crippen LogP contribution in [0.4, 0.5) is 0 Å². The van der Waals surface area contributed by atoms with Gasteiger partial charge in [-0.05, 0) is 50.0 Å². The van der Waals surface area contributed by atoms with Crippen molar-refractivity contribution in [1.29, 1.82) is 0 Å². The summed E-state index contributed by atoms with van der Waals surface area (Å²) in [6.07, 6.45) is 4.74. The summed E-state index contributed by atoms with van der Waals surface area (Å²) in [5.41, 5.74) is 0.734. The van der Waals surface area contributed by atoms with E-state index in [1.807, 2.05) is 31.1 Å². The number of benzene rings is 1. The first kappa shape index (κ1) is 19.9. The zero-order valence-electron chi connectivity index (χ0n) is 15.3. The first-order valence-electron chi connectivity index (χ1n) is 8.03. The van der Waals surface area contributed by atoms with Crippen LogP contribution in [0.25, 0.3) is 6.08 Å². The van der Waals surface area contributed by atoms with Crippen molar-refractivity contribution >= 4 is 23.6 Å². The maximum Gasteiger partial charge on any atom is 0.244 e. The number of likely N-dealkylation sites (N-methyl/N-ethyl adjacent to an activating group) is 1. The summed E-state index contributed by atoms with van der Waals surface area (Å²) in [5, 5.41) is 3.29. The molecule has 1 atom stereocenters. The molecule has 0 aliphatic carbocycles. The van der Waals surface area contributed by atoms with Crippen LogP contribution in [0.3, 0.4) is 0 Å². The molecule has 1 N–H and O–H groups in total. The normalized spacial score (nSPS) is 12.4. The Morgan fingerprint density at radius 1 is 1.35 bits per heavy atom. The lowest BCUT2D eigenvalue weighted by Crippen LogP contribution is -2.33. The molecule has 0 saturated carbocycles. The Bertz CT molecular complexity index is 757. The largest absolute Gasteiger partial charge is 0.493 e. The van der Waals surface area contributed by atoms with Crippen molar-refractivity contribution < 1.29 is 18.7 Å². The average Bonchev–Trinajstić information content (AvgIpc) is 3.13. The monoisotopic (exact) mass is 378 g/mol. The molecule has 2 aromatic rings. The van der Waals surface area contributed by atoms with E-state index < -0.39 is 0 Å². The van der Waals surface area contributed by atoms with Gasteiger partial charge in [-0.25, -0.2) is 0 Å². The van der Waals surface area contributed by atoms with Gasteiger partial charge in [0, 0.05) is 12.6 Å². The molecule has 2 rings (SSSR count). The summed E-state index contributed by atoms with van der Waals surface area (Å²) in [4.78, 5) is 14.1. The van der Waals surface area contributed by atoms with Gasteiger partial charge in [0.15, 0.2) is 11.5 Å². The van der Waals surface area contributed by atoms with Gasteiger partial charge in [-0.3, -0.25) is 9.69 Å². The number of halogens is 1. The van der Waals surface area contributed by atoms with Crippen molar-refractivity contribution in [3.8, 4) is 11.5 Å². The number of amides is 1. The van der Waals surface area contributed by atoms with Crippen LogP contribution in [-0.4, -0.2) is 45.7 Å². The van der Waals surface area contributed by atoms with Crippen LogP contribution in [-0.2, 0) is 4.79 Å². The SMILES string of the molecule is COc1cc(/C=C/C(=O)NCC(c2ccco2)N(C)C)cc(Cl)c1OC. The van der Waals surface area contributed by atoms with E-state index >= 15 is 0 Å². The molecule has 0 aliphatic heterocycles. The molecule has 0 bridgehead atoms. The molecule has 1 aromatic heterocycles. The predicted molar refractivity (Wildman–Crippen MR) is 102 cm³/mol. The lowest BCUT2D eigenvalue weighted by Gasteiger charge is -2.22. The van der Waals surface area contributed by atoms with Crippen LogP contribution in [0.2, 0.25) is 5.02 Å². The minimum atomic E-state index is -0.214. The zero-order chi connectivity index (χ0) is 19.1. The summed E-state index contributed by atoms with van der Waals surface area (Å²) < 4.78 is 15.9. The van der Waals surface area contributed by atoms with Crippen LogP contribution in [0.15, 0.2) is 41.0 Å². The number of carbonyl (C=O) groups excluding carboxylic acids is 1. The summed E-state index contributed by atoms with van der Waals surface area (Å²) in [6, 6.07) is 7.13. The number of methoxy groups -OCH3 is 2. The van der Waals surface area contributed by atoms with Gasteiger partial charge >= 0.3 is 0 Å². The number of furan rings is 1. The fourth-order valence-corrected chi connectivity index (χ4v) is 2.78. The quantitative estimate of drug-likeness (QED) is 0.713. The molecule has 26 heavy (non-hydrogen) atoms. The maximum atomic E-state index is 12.1. The molecule has 140 valence electrons. The molecule has 1 heterocycles. The van der Waals surface area contributed by atoms with Crippen LogP contribution in [0.1, 0.15) is 17.4 Å². The van der Waals surface area contributed by atoms with E-state index in [9.17, 15) is 4.79 Å². The van der Waals surface area contributed by atoms with Gasteiger partial charge in [-0.15, -0.1) is 0 Å². The Morgan fingerprint density at radius 2 is 2.12 bits per heavy atom. The Kier molecular flexibility index (Phi) is 7.12. The van der Waals surface area contributed by atoms with Gasteiger partial charge < -0.3 is 19.2 Å². The fraction of sp³-hybridized carbons (Fsp3) is 0.316. The highest BCUT2D eigenvalue weighted by Crippen LogP contribution is 2.36. The highest BCUT2D eigenvalue weighted by Gasteiger charge is 2.17. The summed E-state index contributed by atoms with van der Waals surface area (Å²) >= 11 is 6.17. The smallest absolute Gasteiger partial charge is 0.244 e. The molecule has 0 radical (unpaired) electrons. The second-order valence-electron chi connectivity index (χ2n) is 5.81. The molecule has 1 aromatic carbocycles. The molecule has 7 heteroatoms. The number of hydrogen-bond donors (Lipinski definition) is 1. The highest BCUT2D eigenvalue weighted by molar-refractivity contribution is 6.32. The summed E-state index contributed by atoms with van der Waals surface area (Å²) in [5.74, 6) is 1.55. The predicted octanol–water partition coefficient (Wildman–Crippen LogP) is 3.38. The van der Waals surface area contributed by atoms with Gasteiger partial charge in [0.05, 0.1) is 31.5 Å². The standard InChI is InChI=1S/C19H23ClN2O4/c1-22(2)15(16-6-5-9-26-16)12-21-18(23)8-7-13-10-14(20)19(25-4)17(11-13)24-3/h5-11,15H,12H2,1-4H3,(H,21,23)/b8-7+. The number of carbonyl (C=O) groups is 1. The van der Waals surface area contributed by atoms with Crippen molar-refractivity contribution in [3.63, 3.8) is 0 Å². The third-order valence-corrected chi connectivity index (χ3v) is 4.13. The summed E-state index contributed by atoms with van der Waals surface area (Å²) in [6.45, 7) is 0.427. The Hall–Kier alpha value is -2.44. The van der Waals surface area contributed by atoms with Gasteiger partial charge in [-0.1, -0.05) is 11.6 Å². The van der Waals surface area contributed by atoms with E-state index in [1.165, 1.54) is 20.3 Å². The minimum absolute atomic E-state index is 0.0436. The summed E-state index contributed by atoms with van der Waals surface area (Å²) in [7, 11) is 6.92. The molecule has 0 fully saturated rings. The van der Waals surface area contributed by atoms with Crippen LogP contribution >= 0.6 is 11.6 Å². The van der Waals surface area contributed by atoms with Gasteiger partial charge in [0.1, 0.15) is 5.76 Å². The van der Waals surface area contributed by atoms with E-state index in [0.717, 1.165) is 11.3 Å². The van der Waals surface area contributed by atoms with E-state index in [4.69, 9.17) is 25.5 Å². The first-order chi connectivity index (χ1) is 12.5. The van der Waals surface area contributed by atoms with Crippen molar-refractivity contribution in [2.24, 2.45) is 0 Å². The van der Waals surface area contributed by atoms with Crippen LogP contribution in [0.5, 0.6) is 11.5 Å². The van der Waals surface area contributed by atoms with Crippen molar-refractivity contribution in [2.75, 3.05) is 34.9 Å². The Labute approximate surface area is 158 Å². The van der Waals surface area contributed by atoms with E-state index in [0.29, 0.717) is 23.1 Å². The van der Waals surface area contributed by atoms with Gasteiger partial charge in [-0.2, -0.15) is 0 Å². The van der Waals surface area contributed by atoms with Gasteiger partial charge in [0.2, 0.25) is 5.91 Å².